The highest BCUT2D eigenvalue weighted by Gasteiger charge is 2.18. The smallest absolute Gasteiger partial charge is 0.138 e. The molecule has 0 fully saturated rings. The van der Waals surface area contributed by atoms with Gasteiger partial charge in [-0.2, -0.15) is 5.10 Å². The molecule has 48 valence electrons. The monoisotopic (exact) mass is 123 g/mol. The molecule has 2 heterocycles. The highest BCUT2D eigenvalue weighted by Crippen LogP contribution is 2.20. The minimum absolute atomic E-state index is 0.572. The molecule has 1 aliphatic heterocycles. The summed E-state index contributed by atoms with van der Waals surface area (Å²) in [5, 5.41) is 4.08. The van der Waals surface area contributed by atoms with Gasteiger partial charge in [0.05, 0.1) is 6.04 Å². The molecular weight excluding hydrogens is 114 g/mol. The number of aryl methyl sites for hydroxylation is 1. The summed E-state index contributed by atoms with van der Waals surface area (Å²) >= 11 is 0. The van der Waals surface area contributed by atoms with Gasteiger partial charge in [-0.15, -0.1) is 0 Å². The Kier molecular flexibility index (Phi) is 0.860. The van der Waals surface area contributed by atoms with E-state index < -0.39 is 0 Å². The fourth-order valence-corrected chi connectivity index (χ4v) is 1.28. The zero-order valence-electron chi connectivity index (χ0n) is 5.41. The second kappa shape index (κ2) is 1.56. The van der Waals surface area contributed by atoms with Crippen molar-refractivity contribution in [2.75, 3.05) is 0 Å². The van der Waals surface area contributed by atoms with Crippen molar-refractivity contribution < 1.29 is 0 Å². The van der Waals surface area contributed by atoms with Crippen LogP contribution < -0.4 is 0 Å². The van der Waals surface area contributed by atoms with Crippen LogP contribution in [0.25, 0.3) is 0 Å². The topological polar surface area (TPSA) is 30.7 Å². The van der Waals surface area contributed by atoms with Crippen molar-refractivity contribution in [1.29, 1.82) is 0 Å². The largest absolute Gasteiger partial charge is 0.247 e. The fraction of sp³-hybridized carbons (Fsp3) is 0.667. The van der Waals surface area contributed by atoms with Crippen LogP contribution in [0.3, 0.4) is 0 Å². The van der Waals surface area contributed by atoms with Crippen molar-refractivity contribution >= 4 is 0 Å². The maximum Gasteiger partial charge on any atom is 0.138 e. The van der Waals surface area contributed by atoms with Crippen molar-refractivity contribution in [2.24, 2.45) is 0 Å². The number of rotatable bonds is 0. The van der Waals surface area contributed by atoms with Crippen LogP contribution in [0.1, 0.15) is 25.2 Å². The van der Waals surface area contributed by atoms with Crippen LogP contribution in [0.2, 0.25) is 0 Å². The van der Waals surface area contributed by atoms with E-state index in [1.54, 1.807) is 6.33 Å². The van der Waals surface area contributed by atoms with Gasteiger partial charge in [0.25, 0.3) is 0 Å². The van der Waals surface area contributed by atoms with Crippen molar-refractivity contribution in [3.8, 4) is 0 Å². The van der Waals surface area contributed by atoms with E-state index in [0.29, 0.717) is 6.04 Å². The molecule has 0 aromatic carbocycles. The van der Waals surface area contributed by atoms with Crippen LogP contribution in [-0.2, 0) is 6.42 Å². The van der Waals surface area contributed by atoms with Crippen LogP contribution in [0.4, 0.5) is 0 Å². The van der Waals surface area contributed by atoms with Gasteiger partial charge >= 0.3 is 0 Å². The van der Waals surface area contributed by atoms with Gasteiger partial charge in [-0.25, -0.2) is 9.67 Å². The first-order valence-corrected chi connectivity index (χ1v) is 3.26. The van der Waals surface area contributed by atoms with E-state index in [9.17, 15) is 0 Å². The molecule has 0 saturated carbocycles. The zero-order valence-corrected chi connectivity index (χ0v) is 5.41. The molecule has 1 aromatic rings. The van der Waals surface area contributed by atoms with E-state index in [2.05, 4.69) is 17.0 Å². The molecule has 0 radical (unpaired) electrons. The van der Waals surface area contributed by atoms with Gasteiger partial charge in [0.1, 0.15) is 12.2 Å². The lowest BCUT2D eigenvalue weighted by Crippen LogP contribution is -1.99. The molecule has 0 amide bonds. The summed E-state index contributed by atoms with van der Waals surface area (Å²) in [6, 6.07) is 0.572. The van der Waals surface area contributed by atoms with E-state index in [1.807, 2.05) is 4.68 Å². The highest BCUT2D eigenvalue weighted by atomic mass is 15.4. The van der Waals surface area contributed by atoms with Gasteiger partial charge in [-0.05, 0) is 13.3 Å². The molecular formula is C6H9N3. The fourth-order valence-electron chi connectivity index (χ4n) is 1.28. The van der Waals surface area contributed by atoms with Crippen LogP contribution in [0.15, 0.2) is 6.33 Å². The molecule has 9 heavy (non-hydrogen) atoms. The Morgan fingerprint density at radius 2 is 2.67 bits per heavy atom. The van der Waals surface area contributed by atoms with E-state index in [1.165, 1.54) is 6.42 Å². The van der Waals surface area contributed by atoms with Gasteiger partial charge < -0.3 is 0 Å². The van der Waals surface area contributed by atoms with Gasteiger partial charge in [0.2, 0.25) is 0 Å². The molecule has 3 heteroatoms. The minimum Gasteiger partial charge on any atom is -0.247 e. The summed E-state index contributed by atoms with van der Waals surface area (Å²) in [5.74, 6) is 1.14. The highest BCUT2D eigenvalue weighted by molar-refractivity contribution is 4.93. The lowest BCUT2D eigenvalue weighted by atomic mass is 10.2. The third kappa shape index (κ3) is 0.573. The van der Waals surface area contributed by atoms with Gasteiger partial charge in [-0.1, -0.05) is 0 Å². The maximum atomic E-state index is 4.10. The SMILES string of the molecule is CC1CCc2ncnn21. The van der Waals surface area contributed by atoms with Crippen molar-refractivity contribution in [1.82, 2.24) is 14.8 Å². The standard InChI is InChI=1S/C6H9N3/c1-5-2-3-6-7-4-8-9(5)6/h4-5H,2-3H2,1H3. The molecule has 2 rings (SSSR count). The minimum atomic E-state index is 0.572. The first-order chi connectivity index (χ1) is 4.38. The third-order valence-corrected chi connectivity index (χ3v) is 1.85. The van der Waals surface area contributed by atoms with Crippen LogP contribution in [0.5, 0.6) is 0 Å². The second-order valence-corrected chi connectivity index (χ2v) is 2.51. The number of hydrogen-bond donors (Lipinski definition) is 0. The molecule has 1 unspecified atom stereocenters. The molecule has 1 aliphatic rings. The van der Waals surface area contributed by atoms with Gasteiger partial charge in [0.15, 0.2) is 0 Å². The number of aromatic nitrogens is 3. The second-order valence-electron chi connectivity index (χ2n) is 2.51. The zero-order chi connectivity index (χ0) is 6.27. The maximum absolute atomic E-state index is 4.10. The Morgan fingerprint density at radius 3 is 3.44 bits per heavy atom. The quantitative estimate of drug-likeness (QED) is 0.510. The molecule has 0 aliphatic carbocycles. The first kappa shape index (κ1) is 4.97. The predicted molar refractivity (Wildman–Crippen MR) is 33.1 cm³/mol. The summed E-state index contributed by atoms with van der Waals surface area (Å²) in [5.41, 5.74) is 0. The van der Waals surface area contributed by atoms with Crippen LogP contribution in [-0.4, -0.2) is 14.8 Å². The van der Waals surface area contributed by atoms with Crippen molar-refractivity contribution in [3.63, 3.8) is 0 Å². The molecule has 0 N–H and O–H groups in total. The third-order valence-electron chi connectivity index (χ3n) is 1.85. The molecule has 0 spiro atoms. The Labute approximate surface area is 53.7 Å². The molecule has 0 saturated heterocycles. The van der Waals surface area contributed by atoms with Gasteiger partial charge in [0, 0.05) is 6.42 Å². The molecule has 1 atom stereocenters. The summed E-state index contributed by atoms with van der Waals surface area (Å²) in [6.45, 7) is 2.17. The van der Waals surface area contributed by atoms with E-state index >= 15 is 0 Å². The average Bonchev–Trinajstić information content (AvgIpc) is 2.35. The van der Waals surface area contributed by atoms with Gasteiger partial charge in [-0.3, -0.25) is 0 Å². The molecule has 3 nitrogen and oxygen atoms in total. The predicted octanol–water partition coefficient (Wildman–Crippen LogP) is 0.785. The number of fused-ring (bicyclic) bond motifs is 1. The summed E-state index contributed by atoms with van der Waals surface area (Å²) in [6.07, 6.45) is 3.93. The van der Waals surface area contributed by atoms with Crippen LogP contribution >= 0.6 is 0 Å². The van der Waals surface area contributed by atoms with Crippen molar-refractivity contribution in [3.05, 3.63) is 12.2 Å². The molecule has 1 aromatic heterocycles. The normalized spacial score (nSPS) is 24.3. The van der Waals surface area contributed by atoms with E-state index in [0.717, 1.165) is 12.2 Å². The Morgan fingerprint density at radius 1 is 1.78 bits per heavy atom. The van der Waals surface area contributed by atoms with E-state index in [4.69, 9.17) is 0 Å². The number of nitrogens with zero attached hydrogens (tertiary/aromatic N) is 3. The lowest BCUT2D eigenvalue weighted by molar-refractivity contribution is 0.521. The van der Waals surface area contributed by atoms with Crippen molar-refractivity contribution in [2.45, 2.75) is 25.8 Å². The Balaban J connectivity index is 2.49. The number of hydrogen-bond acceptors (Lipinski definition) is 2. The lowest BCUT2D eigenvalue weighted by Gasteiger charge is -1.99. The van der Waals surface area contributed by atoms with E-state index in [-0.39, 0.29) is 0 Å². The Bertz CT molecular complexity index is 216. The first-order valence-electron chi connectivity index (χ1n) is 3.26. The summed E-state index contributed by atoms with van der Waals surface area (Å²) in [4.78, 5) is 4.10. The summed E-state index contributed by atoms with van der Waals surface area (Å²) < 4.78 is 2.00. The molecule has 0 bridgehead atoms. The average molecular weight is 123 g/mol. The van der Waals surface area contributed by atoms with Crippen LogP contribution in [0, 0.1) is 0 Å². The summed E-state index contributed by atoms with van der Waals surface area (Å²) in [7, 11) is 0. The Hall–Kier alpha value is -0.860.